The highest BCUT2D eigenvalue weighted by Gasteiger charge is 2.23. The summed E-state index contributed by atoms with van der Waals surface area (Å²) < 4.78 is 19.0. The minimum Gasteiger partial charge on any atom is -0.456 e. The molecule has 20 heavy (non-hydrogen) atoms. The van der Waals surface area contributed by atoms with Crippen molar-refractivity contribution < 1.29 is 13.6 Å². The maximum Gasteiger partial charge on any atom is 0.163 e. The molecule has 0 unspecified atom stereocenters. The van der Waals surface area contributed by atoms with Gasteiger partial charge in [-0.15, -0.1) is 0 Å². The molecule has 0 atom stereocenters. The Bertz CT molecular complexity index is 845. The van der Waals surface area contributed by atoms with Crippen molar-refractivity contribution in [1.82, 2.24) is 0 Å². The van der Waals surface area contributed by atoms with Gasteiger partial charge in [0.1, 0.15) is 17.2 Å². The molecule has 3 aromatic rings. The average Bonchev–Trinajstić information content (AvgIpc) is 3.02. The number of furan rings is 1. The van der Waals surface area contributed by atoms with Crippen LogP contribution in [-0.4, -0.2) is 5.78 Å². The van der Waals surface area contributed by atoms with Gasteiger partial charge in [-0.1, -0.05) is 18.2 Å². The van der Waals surface area contributed by atoms with Gasteiger partial charge in [-0.2, -0.15) is 0 Å². The number of rotatable bonds is 1. The average molecular weight is 266 g/mol. The predicted molar refractivity (Wildman–Crippen MR) is 74.3 cm³/mol. The van der Waals surface area contributed by atoms with E-state index in [1.165, 1.54) is 12.1 Å². The van der Waals surface area contributed by atoms with Crippen molar-refractivity contribution in [3.8, 4) is 11.3 Å². The van der Waals surface area contributed by atoms with E-state index in [-0.39, 0.29) is 11.6 Å². The van der Waals surface area contributed by atoms with E-state index in [2.05, 4.69) is 0 Å². The zero-order valence-electron chi connectivity index (χ0n) is 10.7. The molecule has 1 heterocycles. The second kappa shape index (κ2) is 4.04. The number of hydrogen-bond acceptors (Lipinski definition) is 2. The lowest BCUT2D eigenvalue weighted by Gasteiger charge is -2.04. The first-order valence-corrected chi connectivity index (χ1v) is 6.57. The van der Waals surface area contributed by atoms with Crippen molar-refractivity contribution in [2.45, 2.75) is 12.8 Å². The van der Waals surface area contributed by atoms with Gasteiger partial charge in [-0.25, -0.2) is 4.39 Å². The lowest BCUT2D eigenvalue weighted by atomic mass is 10.0. The molecule has 0 bridgehead atoms. The number of carbonyl (C=O) groups is 1. The van der Waals surface area contributed by atoms with Crippen LogP contribution in [0.1, 0.15) is 22.3 Å². The maximum absolute atomic E-state index is 13.2. The fraction of sp³-hybridized carbons (Fsp3) is 0.118. The molecule has 98 valence electrons. The second-order valence-electron chi connectivity index (χ2n) is 5.05. The largest absolute Gasteiger partial charge is 0.456 e. The molecule has 1 aliphatic rings. The summed E-state index contributed by atoms with van der Waals surface area (Å²) in [7, 11) is 0. The van der Waals surface area contributed by atoms with Crippen LogP contribution in [0.15, 0.2) is 46.9 Å². The summed E-state index contributed by atoms with van der Waals surface area (Å²) in [5.74, 6) is 0.597. The molecular formula is C17H11FO2. The predicted octanol–water partition coefficient (Wildman–Crippen LogP) is 4.37. The summed E-state index contributed by atoms with van der Waals surface area (Å²) in [4.78, 5) is 11.8. The molecule has 0 aliphatic heterocycles. The molecule has 0 saturated carbocycles. The first-order valence-electron chi connectivity index (χ1n) is 6.57. The minimum absolute atomic E-state index is 0.184. The summed E-state index contributed by atoms with van der Waals surface area (Å²) in [5.41, 5.74) is 3.42. The number of fused-ring (bicyclic) bond motifs is 2. The molecule has 0 N–H and O–H groups in total. The van der Waals surface area contributed by atoms with E-state index in [4.69, 9.17) is 4.42 Å². The van der Waals surface area contributed by atoms with Crippen LogP contribution in [0, 0.1) is 5.82 Å². The van der Waals surface area contributed by atoms with Gasteiger partial charge in [-0.3, -0.25) is 4.79 Å². The minimum atomic E-state index is -0.279. The monoisotopic (exact) mass is 266 g/mol. The van der Waals surface area contributed by atoms with Crippen molar-refractivity contribution in [2.24, 2.45) is 0 Å². The SMILES string of the molecule is O=C1CCc2c1cccc2-c1cc2cc(F)ccc2o1. The zero-order chi connectivity index (χ0) is 13.7. The Kier molecular flexibility index (Phi) is 2.30. The lowest BCUT2D eigenvalue weighted by molar-refractivity contribution is 0.0994. The van der Waals surface area contributed by atoms with Gasteiger partial charge in [0.15, 0.2) is 5.78 Å². The second-order valence-corrected chi connectivity index (χ2v) is 5.05. The number of Topliss-reactive ketones (excluding diaryl/α,β-unsaturated/α-hetero) is 1. The molecule has 2 aromatic carbocycles. The smallest absolute Gasteiger partial charge is 0.163 e. The van der Waals surface area contributed by atoms with Crippen LogP contribution in [0.25, 0.3) is 22.3 Å². The van der Waals surface area contributed by atoms with E-state index < -0.39 is 0 Å². The quantitative estimate of drug-likeness (QED) is 0.654. The third kappa shape index (κ3) is 1.59. The van der Waals surface area contributed by atoms with Crippen LogP contribution in [0.4, 0.5) is 4.39 Å². The number of benzene rings is 2. The lowest BCUT2D eigenvalue weighted by Crippen LogP contribution is -1.91. The molecule has 0 spiro atoms. The molecule has 0 fully saturated rings. The van der Waals surface area contributed by atoms with Gasteiger partial charge in [0.25, 0.3) is 0 Å². The maximum atomic E-state index is 13.2. The molecule has 0 saturated heterocycles. The standard InChI is InChI=1S/C17H11FO2/c18-11-4-7-16-10(8-11)9-17(20-16)14-3-1-2-13-12(14)5-6-15(13)19/h1-4,7-9H,5-6H2. The number of carbonyl (C=O) groups excluding carboxylic acids is 1. The van der Waals surface area contributed by atoms with E-state index in [0.29, 0.717) is 17.8 Å². The Morgan fingerprint density at radius 3 is 2.75 bits per heavy atom. The molecule has 1 aromatic heterocycles. The van der Waals surface area contributed by atoms with Crippen LogP contribution >= 0.6 is 0 Å². The Morgan fingerprint density at radius 2 is 1.85 bits per heavy atom. The summed E-state index contributed by atoms with van der Waals surface area (Å²) in [5, 5.41) is 0.738. The zero-order valence-corrected chi connectivity index (χ0v) is 10.7. The van der Waals surface area contributed by atoms with Gasteiger partial charge in [0.05, 0.1) is 0 Å². The highest BCUT2D eigenvalue weighted by Crippen LogP contribution is 2.35. The first-order chi connectivity index (χ1) is 9.72. The van der Waals surface area contributed by atoms with Gasteiger partial charge >= 0.3 is 0 Å². The van der Waals surface area contributed by atoms with Crippen molar-refractivity contribution in [3.05, 3.63) is 59.4 Å². The van der Waals surface area contributed by atoms with E-state index in [9.17, 15) is 9.18 Å². The van der Waals surface area contributed by atoms with E-state index in [1.54, 1.807) is 6.07 Å². The molecular weight excluding hydrogens is 255 g/mol. The van der Waals surface area contributed by atoms with Crippen LogP contribution in [-0.2, 0) is 6.42 Å². The molecule has 2 nitrogen and oxygen atoms in total. The van der Waals surface area contributed by atoms with Crippen molar-refractivity contribution >= 4 is 16.8 Å². The fourth-order valence-electron chi connectivity index (χ4n) is 2.87. The molecule has 4 rings (SSSR count). The van der Waals surface area contributed by atoms with Crippen LogP contribution in [0.3, 0.4) is 0 Å². The van der Waals surface area contributed by atoms with Crippen LogP contribution in [0.2, 0.25) is 0 Å². The van der Waals surface area contributed by atoms with E-state index in [0.717, 1.165) is 28.5 Å². The number of ketones is 1. The first kappa shape index (κ1) is 11.4. The summed E-state index contributed by atoms with van der Waals surface area (Å²) in [6.45, 7) is 0. The van der Waals surface area contributed by atoms with Crippen LogP contribution < -0.4 is 0 Å². The molecule has 0 radical (unpaired) electrons. The molecule has 1 aliphatic carbocycles. The van der Waals surface area contributed by atoms with Gasteiger partial charge < -0.3 is 4.42 Å². The number of hydrogen-bond donors (Lipinski definition) is 0. The Hall–Kier alpha value is -2.42. The highest BCUT2D eigenvalue weighted by molar-refractivity contribution is 6.02. The molecule has 3 heteroatoms. The topological polar surface area (TPSA) is 30.2 Å². The Balaban J connectivity index is 1.94. The van der Waals surface area contributed by atoms with Gasteiger partial charge in [-0.05, 0) is 36.2 Å². The van der Waals surface area contributed by atoms with E-state index in [1.807, 2.05) is 24.3 Å². The Labute approximate surface area is 114 Å². The van der Waals surface area contributed by atoms with Crippen LogP contribution in [0.5, 0.6) is 0 Å². The van der Waals surface area contributed by atoms with Gasteiger partial charge in [0, 0.05) is 22.9 Å². The fourth-order valence-corrected chi connectivity index (χ4v) is 2.87. The summed E-state index contributed by atoms with van der Waals surface area (Å²) >= 11 is 0. The normalized spacial score (nSPS) is 13.9. The Morgan fingerprint density at radius 1 is 1.00 bits per heavy atom. The highest BCUT2D eigenvalue weighted by atomic mass is 19.1. The van der Waals surface area contributed by atoms with E-state index >= 15 is 0 Å². The van der Waals surface area contributed by atoms with Crippen molar-refractivity contribution in [2.75, 3.05) is 0 Å². The molecule has 0 amide bonds. The summed E-state index contributed by atoms with van der Waals surface area (Å²) in [6.07, 6.45) is 1.30. The van der Waals surface area contributed by atoms with Gasteiger partial charge in [0.2, 0.25) is 0 Å². The third-order valence-corrected chi connectivity index (χ3v) is 3.82. The number of halogens is 1. The van der Waals surface area contributed by atoms with Crippen molar-refractivity contribution in [3.63, 3.8) is 0 Å². The summed E-state index contributed by atoms with van der Waals surface area (Å²) in [6, 6.07) is 12.0. The third-order valence-electron chi connectivity index (χ3n) is 3.82. The van der Waals surface area contributed by atoms with Crippen molar-refractivity contribution in [1.29, 1.82) is 0 Å².